The number of nitrogens with zero attached hydrogens (tertiary/aromatic N) is 2. The van der Waals surface area contributed by atoms with Gasteiger partial charge in [-0.1, -0.05) is 6.07 Å². The number of amides is 1. The number of carbonyl (C=O) groups is 1. The van der Waals surface area contributed by atoms with Crippen molar-refractivity contribution in [1.29, 1.82) is 0 Å². The number of thiazole rings is 1. The Labute approximate surface area is 176 Å². The molecular weight excluding hydrogens is 427 g/mol. The van der Waals surface area contributed by atoms with Crippen LogP contribution < -0.4 is 10.0 Å². The smallest absolute Gasteiger partial charge is 0.263 e. The van der Waals surface area contributed by atoms with E-state index in [0.29, 0.717) is 17.6 Å². The van der Waals surface area contributed by atoms with Crippen LogP contribution in [-0.4, -0.2) is 23.9 Å². The summed E-state index contributed by atoms with van der Waals surface area (Å²) < 4.78 is 42.6. The minimum absolute atomic E-state index is 0.0662. The van der Waals surface area contributed by atoms with Crippen LogP contribution in [0.3, 0.4) is 0 Å². The number of carbonyl (C=O) groups excluding carboxylic acids is 1. The van der Waals surface area contributed by atoms with Gasteiger partial charge in [0.2, 0.25) is 5.91 Å². The summed E-state index contributed by atoms with van der Waals surface area (Å²) >= 11 is 1.18. The van der Waals surface area contributed by atoms with Crippen LogP contribution in [0.25, 0.3) is 10.9 Å². The third-order valence-corrected chi connectivity index (χ3v) is 6.62. The summed E-state index contributed by atoms with van der Waals surface area (Å²) in [5.74, 6) is -0.528. The van der Waals surface area contributed by atoms with Gasteiger partial charge >= 0.3 is 0 Å². The van der Waals surface area contributed by atoms with Gasteiger partial charge in [0.05, 0.1) is 10.4 Å². The topological polar surface area (TPSA) is 93.1 Å². The highest BCUT2D eigenvalue weighted by molar-refractivity contribution is 7.93. The zero-order valence-electron chi connectivity index (χ0n) is 15.6. The Morgan fingerprint density at radius 2 is 1.93 bits per heavy atom. The molecule has 0 aliphatic carbocycles. The highest BCUT2D eigenvalue weighted by Crippen LogP contribution is 2.21. The van der Waals surface area contributed by atoms with Crippen molar-refractivity contribution in [2.24, 2.45) is 0 Å². The average molecular weight is 445 g/mol. The summed E-state index contributed by atoms with van der Waals surface area (Å²) in [5, 5.41) is 5.20. The number of hydrogen-bond donors (Lipinski definition) is 2. The lowest BCUT2D eigenvalue weighted by Gasteiger charge is -2.09. The largest absolute Gasteiger partial charge is 0.347 e. The number of hydrogen-bond acceptors (Lipinski definition) is 5. The van der Waals surface area contributed by atoms with Crippen LogP contribution in [0.2, 0.25) is 0 Å². The Morgan fingerprint density at radius 3 is 2.67 bits per heavy atom. The second-order valence-electron chi connectivity index (χ2n) is 6.45. The number of nitrogens with one attached hydrogen (secondary N) is 2. The van der Waals surface area contributed by atoms with Crippen molar-refractivity contribution < 1.29 is 17.6 Å². The summed E-state index contributed by atoms with van der Waals surface area (Å²) in [6.45, 7) is 0.392. The van der Waals surface area contributed by atoms with Crippen molar-refractivity contribution >= 4 is 49.0 Å². The molecule has 4 rings (SSSR count). The fraction of sp³-hybridized carbons (Fsp3) is 0.100. The first-order valence-electron chi connectivity index (χ1n) is 8.98. The van der Waals surface area contributed by atoms with Crippen LogP contribution in [0.1, 0.15) is 6.42 Å². The first-order chi connectivity index (χ1) is 14.4. The van der Waals surface area contributed by atoms with E-state index in [2.05, 4.69) is 15.0 Å². The van der Waals surface area contributed by atoms with Crippen molar-refractivity contribution in [1.82, 2.24) is 9.55 Å². The molecule has 0 bridgehead atoms. The van der Waals surface area contributed by atoms with Gasteiger partial charge in [-0.05, 0) is 42.5 Å². The van der Waals surface area contributed by atoms with E-state index in [0.717, 1.165) is 5.52 Å². The zero-order valence-corrected chi connectivity index (χ0v) is 17.2. The predicted molar refractivity (Wildman–Crippen MR) is 115 cm³/mol. The maximum Gasteiger partial charge on any atom is 0.263 e. The number of rotatable bonds is 7. The zero-order chi connectivity index (χ0) is 21.1. The van der Waals surface area contributed by atoms with Gasteiger partial charge in [0.1, 0.15) is 5.82 Å². The average Bonchev–Trinajstić information content (AvgIpc) is 3.37. The van der Waals surface area contributed by atoms with Crippen LogP contribution in [0.4, 0.5) is 15.2 Å². The van der Waals surface area contributed by atoms with Gasteiger partial charge in [-0.2, -0.15) is 0 Å². The molecule has 2 heterocycles. The molecule has 1 amide bonds. The van der Waals surface area contributed by atoms with E-state index in [1.165, 1.54) is 47.9 Å². The fourth-order valence-corrected chi connectivity index (χ4v) is 4.78. The number of benzene rings is 2. The molecular formula is C20H17FN4O3S2. The fourth-order valence-electron chi connectivity index (χ4n) is 2.99. The van der Waals surface area contributed by atoms with Gasteiger partial charge < -0.3 is 9.88 Å². The maximum atomic E-state index is 13.8. The minimum Gasteiger partial charge on any atom is -0.347 e. The molecule has 2 N–H and O–H groups in total. The lowest BCUT2D eigenvalue weighted by molar-refractivity contribution is -0.116. The highest BCUT2D eigenvalue weighted by Gasteiger charge is 2.15. The molecule has 0 aliphatic rings. The van der Waals surface area contributed by atoms with Gasteiger partial charge in [0.15, 0.2) is 5.13 Å². The summed E-state index contributed by atoms with van der Waals surface area (Å²) in [7, 11) is -3.74. The number of anilines is 2. The van der Waals surface area contributed by atoms with Gasteiger partial charge in [0.25, 0.3) is 10.0 Å². The van der Waals surface area contributed by atoms with Crippen molar-refractivity contribution in [2.75, 3.05) is 10.0 Å². The molecule has 0 fully saturated rings. The summed E-state index contributed by atoms with van der Waals surface area (Å²) in [6, 6.07) is 12.4. The SMILES string of the molecule is O=C(CCn1ccc2c(F)cccc21)Nc1ccc(S(=O)(=O)Nc2nccs2)cc1. The lowest BCUT2D eigenvalue weighted by atomic mass is 10.2. The number of aryl methyl sites for hydroxylation is 1. The molecule has 0 unspecified atom stereocenters. The molecule has 10 heteroatoms. The third-order valence-electron chi connectivity index (χ3n) is 4.44. The van der Waals surface area contributed by atoms with E-state index >= 15 is 0 Å². The first-order valence-corrected chi connectivity index (χ1v) is 11.3. The summed E-state index contributed by atoms with van der Waals surface area (Å²) in [5.41, 5.74) is 1.21. The van der Waals surface area contributed by atoms with Gasteiger partial charge in [-0.15, -0.1) is 11.3 Å². The quantitative estimate of drug-likeness (QED) is 0.449. The Kier molecular flexibility index (Phi) is 5.51. The molecule has 0 saturated heterocycles. The van der Waals surface area contributed by atoms with Crippen molar-refractivity contribution in [3.8, 4) is 0 Å². The van der Waals surface area contributed by atoms with Crippen LogP contribution >= 0.6 is 11.3 Å². The van der Waals surface area contributed by atoms with Crippen molar-refractivity contribution in [3.05, 3.63) is 72.1 Å². The Balaban J connectivity index is 1.37. The minimum atomic E-state index is -3.74. The molecule has 4 aromatic rings. The van der Waals surface area contributed by atoms with Crippen LogP contribution in [0.15, 0.2) is 71.2 Å². The molecule has 0 aliphatic heterocycles. The second-order valence-corrected chi connectivity index (χ2v) is 9.02. The molecule has 30 heavy (non-hydrogen) atoms. The summed E-state index contributed by atoms with van der Waals surface area (Å²) in [4.78, 5) is 16.2. The van der Waals surface area contributed by atoms with Crippen LogP contribution in [0, 0.1) is 5.82 Å². The van der Waals surface area contributed by atoms with Crippen LogP contribution in [-0.2, 0) is 21.4 Å². The Bertz CT molecular complexity index is 1280. The van der Waals surface area contributed by atoms with Gasteiger partial charge in [-0.3, -0.25) is 9.52 Å². The number of sulfonamides is 1. The van der Waals surface area contributed by atoms with Crippen molar-refractivity contribution in [2.45, 2.75) is 17.9 Å². The normalized spacial score (nSPS) is 11.5. The third kappa shape index (κ3) is 4.34. The van der Waals surface area contributed by atoms with E-state index in [1.54, 1.807) is 29.8 Å². The maximum absolute atomic E-state index is 13.8. The van der Waals surface area contributed by atoms with Gasteiger partial charge in [-0.25, -0.2) is 17.8 Å². The molecule has 2 aromatic heterocycles. The molecule has 154 valence electrons. The molecule has 0 saturated carbocycles. The van der Waals surface area contributed by atoms with Crippen LogP contribution in [0.5, 0.6) is 0 Å². The predicted octanol–water partition coefficient (Wildman–Crippen LogP) is 4.07. The molecule has 0 radical (unpaired) electrons. The first kappa shape index (κ1) is 20.0. The Hall–Kier alpha value is -3.24. The second kappa shape index (κ2) is 8.25. The summed E-state index contributed by atoms with van der Waals surface area (Å²) in [6.07, 6.45) is 3.44. The monoisotopic (exact) mass is 444 g/mol. The van der Waals surface area contributed by atoms with Gasteiger partial charge in [0, 0.05) is 41.8 Å². The molecule has 2 aromatic carbocycles. The van der Waals surface area contributed by atoms with E-state index < -0.39 is 10.0 Å². The van der Waals surface area contributed by atoms with Crippen molar-refractivity contribution in [3.63, 3.8) is 0 Å². The van der Waals surface area contributed by atoms with E-state index in [4.69, 9.17) is 0 Å². The molecule has 7 nitrogen and oxygen atoms in total. The number of aromatic nitrogens is 2. The standard InChI is InChI=1S/C20H17FN4O3S2/c21-17-2-1-3-18-16(17)8-11-25(18)12-9-19(26)23-14-4-6-15(7-5-14)30(27,28)24-20-22-10-13-29-20/h1-8,10-11,13H,9,12H2,(H,22,24)(H,23,26). The number of halogens is 1. The Morgan fingerprint density at radius 1 is 1.13 bits per heavy atom. The van der Waals surface area contributed by atoms with E-state index in [-0.39, 0.29) is 28.2 Å². The van der Waals surface area contributed by atoms with E-state index in [1.807, 2.05) is 4.57 Å². The van der Waals surface area contributed by atoms with E-state index in [9.17, 15) is 17.6 Å². The number of fused-ring (bicyclic) bond motifs is 1. The highest BCUT2D eigenvalue weighted by atomic mass is 32.2. The lowest BCUT2D eigenvalue weighted by Crippen LogP contribution is -2.15. The molecule has 0 atom stereocenters. The molecule has 0 spiro atoms.